The number of unbranched alkanes of at least 4 members (excludes halogenated alkanes) is 1. The van der Waals surface area contributed by atoms with E-state index in [1.807, 2.05) is 107 Å². The van der Waals surface area contributed by atoms with Crippen molar-refractivity contribution in [2.75, 3.05) is 130 Å². The number of oxazole rings is 1. The molecule has 1 unspecified atom stereocenters. The number of nitrogens with zero attached hydrogens (tertiary/aromatic N) is 13. The van der Waals surface area contributed by atoms with Gasteiger partial charge in [-0.15, -0.1) is 5.10 Å². The normalized spacial score (nSPS) is 27.2. The van der Waals surface area contributed by atoms with Crippen LogP contribution in [-0.2, 0) is 102 Å². The average Bonchev–Trinajstić information content (AvgIpc) is 1.52. The Morgan fingerprint density at radius 1 is 0.767 bits per heavy atom. The van der Waals surface area contributed by atoms with Crippen LogP contribution in [0.4, 0.5) is 17.8 Å². The number of nitrogens with one attached hydrogen (secondary N) is 1. The van der Waals surface area contributed by atoms with Gasteiger partial charge in [0, 0.05) is 134 Å². The molecular formula is C97H136N16O20. The summed E-state index contributed by atoms with van der Waals surface area (Å²) in [4.78, 5) is 113. The molecule has 4 fully saturated rings. The number of hydrogen-bond acceptors (Lipinski definition) is 32. The maximum absolute atomic E-state index is 14.9. The number of carbonyl (C=O) groups is 6. The van der Waals surface area contributed by atoms with E-state index in [1.165, 1.54) is 18.3 Å². The summed E-state index contributed by atoms with van der Waals surface area (Å²) in [6.07, 6.45) is 19.9. The fraction of sp³-hybridized carbons (Fsp3) is 0.608. The number of aromatic nitrogens is 10. The van der Waals surface area contributed by atoms with Gasteiger partial charge in [0.05, 0.1) is 114 Å². The molecule has 0 radical (unpaired) electrons. The molecule has 7 aromatic rings. The number of methoxy groups -OCH3 is 3. The Morgan fingerprint density at radius 2 is 1.53 bits per heavy atom. The number of piperidine rings is 1. The molecule has 2 aromatic carbocycles. The van der Waals surface area contributed by atoms with E-state index in [1.54, 1.807) is 56.5 Å². The van der Waals surface area contributed by atoms with Crippen LogP contribution in [-0.4, -0.2) is 284 Å². The van der Waals surface area contributed by atoms with Gasteiger partial charge in [0.1, 0.15) is 53.5 Å². The lowest BCUT2D eigenvalue weighted by Gasteiger charge is -2.42. The van der Waals surface area contributed by atoms with Crippen LogP contribution in [0.1, 0.15) is 156 Å². The third-order valence-corrected chi connectivity index (χ3v) is 26.3. The second-order valence-electron chi connectivity index (χ2n) is 36.1. The summed E-state index contributed by atoms with van der Waals surface area (Å²) in [6, 6.07) is 12.2. The van der Waals surface area contributed by atoms with Crippen molar-refractivity contribution in [3.8, 4) is 22.4 Å². The third-order valence-electron chi connectivity index (χ3n) is 26.3. The summed E-state index contributed by atoms with van der Waals surface area (Å²) in [5.41, 5.74) is 19.9. The summed E-state index contributed by atoms with van der Waals surface area (Å²) < 4.78 is 68.9. The van der Waals surface area contributed by atoms with Crippen molar-refractivity contribution in [2.24, 2.45) is 35.5 Å². The van der Waals surface area contributed by atoms with Crippen LogP contribution >= 0.6 is 0 Å². The lowest BCUT2D eigenvalue weighted by Crippen LogP contribution is -2.61. The number of esters is 1. The predicted octanol–water partition coefficient (Wildman–Crippen LogP) is 9.30. The Balaban J connectivity index is 0.550. The molecule has 2 amide bonds. The Bertz CT molecular complexity index is 5100. The zero-order valence-electron chi connectivity index (χ0n) is 78.6. The third kappa shape index (κ3) is 27.9. The highest BCUT2D eigenvalue weighted by Gasteiger charge is 2.53. The molecule has 2 bridgehead atoms. The molecule has 36 heteroatoms. The summed E-state index contributed by atoms with van der Waals surface area (Å²) in [7, 11) is 4.63. The molecule has 5 aliphatic rings. The first-order valence-electron chi connectivity index (χ1n) is 46.9. The van der Waals surface area contributed by atoms with Gasteiger partial charge in [-0.3, -0.25) is 28.9 Å². The Kier molecular flexibility index (Phi) is 38.3. The standard InChI is InChI=1S/C97H136N16O20/c1-61-19-12-11-13-20-62(2)81(123-8)51-75-27-24-67(7)97(122,133-75)90(119)93(120)112-32-16-14-23-77(112)94(121)131-82(52-78(115)63(3)46-66(6)88(118)89(125-10)87(117)65(5)45-61)64(4)47-68-25-28-80(83(49-68)124-9)130-59-69-21-18-22-70(48-69)72-53-101-96(102-54-72)110-35-34-109(74(57-110)58-114)55-73-56-111(108-106-73)36-38-127-40-42-129-44-43-128-41-39-126-37-30-84(116)100-31-15-17-33-113-92-85(91(98)103-60-104-92)86(107-113)71-26-29-79-76(50-71)105-95(99)132-79/h11-13,18-22,26,29,46,48,50,53-54,56,60-61,63-65,67-68,74-75,77,80-83,88-89,114,118,122H,14-17,23-25,27-28,30-45,47,49,51-52,55,57-59H2,1-10H3,(H2,99,105)(H,100,116)(H2,98,103,104)/b13-11+,19-12+,62-20+,66-46+/t61-,63-,64-,65-,67-,68+,74?,75+,77+,80-,81+,82+,83-,88-,89+,97-/m1/s1. The monoisotopic (exact) mass is 1850 g/mol. The molecule has 5 aromatic heterocycles. The highest BCUT2D eigenvalue weighted by molar-refractivity contribution is 6.39. The number of aliphatic hydroxyl groups is 3. The molecule has 1 saturated carbocycles. The number of Topliss-reactive ketones (excluding diaryl/α,β-unsaturated/α-hetero) is 3. The van der Waals surface area contributed by atoms with Gasteiger partial charge in [-0.25, -0.2) is 34.1 Å². The first kappa shape index (κ1) is 102. The van der Waals surface area contributed by atoms with Crippen molar-refractivity contribution in [3.63, 3.8) is 0 Å². The van der Waals surface area contributed by atoms with Crippen molar-refractivity contribution < 1.29 is 95.9 Å². The maximum Gasteiger partial charge on any atom is 0.329 e. The van der Waals surface area contributed by atoms with E-state index < -0.39 is 83.7 Å². The number of amides is 2. The maximum atomic E-state index is 14.9. The van der Waals surface area contributed by atoms with Crippen molar-refractivity contribution in [1.29, 1.82) is 0 Å². The molecule has 0 spiro atoms. The van der Waals surface area contributed by atoms with E-state index in [-0.39, 0.29) is 92.6 Å². The highest BCUT2D eigenvalue weighted by Crippen LogP contribution is 2.40. The van der Waals surface area contributed by atoms with E-state index in [2.05, 4.69) is 46.4 Å². The summed E-state index contributed by atoms with van der Waals surface area (Å²) in [5, 5.41) is 51.7. The number of allylic oxidation sites excluding steroid dienone is 6. The van der Waals surface area contributed by atoms with Crippen LogP contribution in [0.15, 0.2) is 119 Å². The number of aryl methyl sites for hydroxylation is 1. The number of cyclic esters (lactones) is 1. The van der Waals surface area contributed by atoms with Gasteiger partial charge in [-0.2, -0.15) is 10.1 Å². The zero-order valence-corrected chi connectivity index (χ0v) is 78.6. The van der Waals surface area contributed by atoms with Gasteiger partial charge in [0.15, 0.2) is 17.0 Å². The second kappa shape index (κ2) is 50.0. The number of nitrogens with two attached hydrogens (primary N) is 2. The Labute approximate surface area is 777 Å². The smallest absolute Gasteiger partial charge is 0.329 e. The number of fused-ring (bicyclic) bond motifs is 5. The van der Waals surface area contributed by atoms with Crippen molar-refractivity contribution in [1.82, 2.24) is 64.8 Å². The average molecular weight is 1850 g/mol. The molecule has 8 N–H and O–H groups in total. The lowest BCUT2D eigenvalue weighted by molar-refractivity contribution is -0.265. The minimum absolute atomic E-state index is 0.0145. The lowest BCUT2D eigenvalue weighted by atomic mass is 9.78. The van der Waals surface area contributed by atoms with E-state index in [0.29, 0.717) is 202 Å². The molecule has 4 aliphatic heterocycles. The number of nitrogen functional groups attached to an aromatic ring is 2. The van der Waals surface area contributed by atoms with Crippen LogP contribution in [0.3, 0.4) is 0 Å². The topological polar surface area (TPSA) is 455 Å². The molecule has 12 rings (SSSR count). The van der Waals surface area contributed by atoms with E-state index in [4.69, 9.17) is 78.3 Å². The van der Waals surface area contributed by atoms with Gasteiger partial charge in [-0.1, -0.05) is 94.5 Å². The molecule has 3 saturated heterocycles. The van der Waals surface area contributed by atoms with Crippen LogP contribution < -0.4 is 21.7 Å². The molecule has 133 heavy (non-hydrogen) atoms. The first-order chi connectivity index (χ1) is 64.2. The number of ether oxygens (including phenoxy) is 10. The Morgan fingerprint density at radius 3 is 2.29 bits per heavy atom. The number of carbonyl (C=O) groups excluding carboxylic acids is 6. The van der Waals surface area contributed by atoms with Crippen molar-refractivity contribution >= 4 is 75.0 Å². The highest BCUT2D eigenvalue weighted by atomic mass is 16.6. The summed E-state index contributed by atoms with van der Waals surface area (Å²) >= 11 is 0. The number of benzene rings is 2. The van der Waals surface area contributed by atoms with Gasteiger partial charge in [0.25, 0.3) is 17.7 Å². The largest absolute Gasteiger partial charge is 0.460 e. The molecular weight excluding hydrogens is 1710 g/mol. The fourth-order valence-electron chi connectivity index (χ4n) is 18.4. The van der Waals surface area contributed by atoms with Crippen LogP contribution in [0.5, 0.6) is 0 Å². The Hall–Kier alpha value is -10.1. The predicted molar refractivity (Wildman–Crippen MR) is 496 cm³/mol. The minimum Gasteiger partial charge on any atom is -0.460 e. The second-order valence-corrected chi connectivity index (χ2v) is 36.1. The molecule has 9 heterocycles. The van der Waals surface area contributed by atoms with Crippen LogP contribution in [0.25, 0.3) is 44.5 Å². The number of ketones is 3. The number of rotatable bonds is 35. The number of piperazine rings is 1. The van der Waals surface area contributed by atoms with Gasteiger partial charge in [-0.05, 0) is 155 Å². The zero-order chi connectivity index (χ0) is 94.7. The molecule has 1 aliphatic carbocycles. The quantitative estimate of drug-likeness (QED) is 0.00932. The number of hydrogen-bond donors (Lipinski definition) is 6. The van der Waals surface area contributed by atoms with E-state index >= 15 is 0 Å². The first-order valence-corrected chi connectivity index (χ1v) is 46.9. The van der Waals surface area contributed by atoms with E-state index in [9.17, 15) is 44.1 Å². The van der Waals surface area contributed by atoms with E-state index in [0.717, 1.165) is 52.8 Å². The number of anilines is 3. The van der Waals surface area contributed by atoms with Gasteiger partial charge < -0.3 is 93.7 Å². The van der Waals surface area contributed by atoms with Crippen LogP contribution in [0, 0.1) is 35.5 Å². The molecule has 724 valence electrons. The van der Waals surface area contributed by atoms with Gasteiger partial charge in [0.2, 0.25) is 17.6 Å². The van der Waals surface area contributed by atoms with Gasteiger partial charge >= 0.3 is 5.97 Å². The minimum atomic E-state index is -2.48. The van der Waals surface area contributed by atoms with Crippen LogP contribution in [0.2, 0.25) is 0 Å². The van der Waals surface area contributed by atoms with Crippen molar-refractivity contribution in [3.05, 3.63) is 126 Å². The fourth-order valence-corrected chi connectivity index (χ4v) is 18.4. The SMILES string of the molecule is CO[C@H]1C[C@@H]2CC[C@@H](C)[C@@](O)(O2)C(=O)C(=O)N2CCCC[C@H]2C(=O)O[C@H]([C@H](C)C[C@@H]2CC[C@@H](OCc3cccc(-c4cnc(N5CCN(Cc6cn(CCOCCOCCOCCOCCC(=O)NCCCCn7nc(-c8ccc9oc(N)nc9c8)c8c(N)ncnc87)nn6)C(CO)C5)nc4)c3)[C@H](OC)C2)CC(=O)[C@H](C)/C=C(\C)[C@@H](O)[C@@H](OC)C(=O)[C@H](C)C[C@H](C)/C=C/C=C/C=C/1C. The number of aliphatic hydroxyl groups excluding tert-OH is 2. The van der Waals surface area contributed by atoms with Crippen molar-refractivity contribution in [2.45, 2.75) is 232 Å². The summed E-state index contributed by atoms with van der Waals surface area (Å²) in [5.74, 6) is -7.60. The molecule has 36 nitrogen and oxygen atoms in total. The molecule has 16 atom stereocenters. The summed E-state index contributed by atoms with van der Waals surface area (Å²) in [6.45, 7) is 19.8.